The molecule has 0 bridgehead atoms. The molecule has 0 saturated carbocycles. The highest BCUT2D eigenvalue weighted by molar-refractivity contribution is 8.76. The summed E-state index contributed by atoms with van der Waals surface area (Å²) < 4.78 is 0. The number of guanidine groups is 1. The van der Waals surface area contributed by atoms with Crippen molar-refractivity contribution in [3.8, 4) is 0 Å². The van der Waals surface area contributed by atoms with E-state index >= 15 is 0 Å². The van der Waals surface area contributed by atoms with Gasteiger partial charge in [-0.3, -0.25) is 52.9 Å². The third kappa shape index (κ3) is 16.1. The van der Waals surface area contributed by atoms with Crippen molar-refractivity contribution in [1.82, 2.24) is 42.1 Å². The van der Waals surface area contributed by atoms with Crippen molar-refractivity contribution in [2.75, 3.05) is 31.1 Å². The first-order chi connectivity index (χ1) is 34.3. The lowest BCUT2D eigenvalue weighted by atomic mass is 9.92. The lowest BCUT2D eigenvalue weighted by Gasteiger charge is -2.32. The Morgan fingerprint density at radius 2 is 1.49 bits per heavy atom. The number of aliphatic imine (C=N–C) groups is 1. The van der Waals surface area contributed by atoms with E-state index in [2.05, 4.69) is 42.2 Å². The van der Waals surface area contributed by atoms with Crippen LogP contribution in [0.1, 0.15) is 69.1 Å². The van der Waals surface area contributed by atoms with E-state index in [1.807, 2.05) is 24.3 Å². The van der Waals surface area contributed by atoms with E-state index in [9.17, 15) is 47.9 Å². The maximum atomic E-state index is 14.6. The normalized spacial score (nSPS) is 22.5. The average Bonchev–Trinajstić information content (AvgIpc) is 3.98. The van der Waals surface area contributed by atoms with Crippen molar-refractivity contribution in [1.29, 1.82) is 0 Å². The summed E-state index contributed by atoms with van der Waals surface area (Å²) in [6.07, 6.45) is 0.347. The molecule has 0 unspecified atom stereocenters. The van der Waals surface area contributed by atoms with Crippen LogP contribution in [0.5, 0.6) is 0 Å². The van der Waals surface area contributed by atoms with Crippen LogP contribution in [0.15, 0.2) is 59.6 Å². The summed E-state index contributed by atoms with van der Waals surface area (Å²) in [5, 5.41) is 18.8. The molecule has 2 aromatic rings. The Hall–Kier alpha value is -6.89. The molecule has 10 amide bonds. The number of hydrogen-bond donors (Lipinski definition) is 11. The van der Waals surface area contributed by atoms with Gasteiger partial charge in [-0.15, -0.1) is 0 Å². The molecule has 15 N–H and O–H groups in total. The molecular weight excluding hydrogens is 971 g/mol. The van der Waals surface area contributed by atoms with Crippen LogP contribution in [0.25, 0.3) is 0 Å². The first-order valence-corrected chi connectivity index (χ1v) is 26.1. The summed E-state index contributed by atoms with van der Waals surface area (Å²) in [7, 11) is 2.33. The average molecular weight is 1040 g/mol. The van der Waals surface area contributed by atoms with E-state index in [0.29, 0.717) is 12.0 Å². The van der Waals surface area contributed by atoms with Crippen LogP contribution in [-0.4, -0.2) is 143 Å². The summed E-state index contributed by atoms with van der Waals surface area (Å²) in [6.45, 7) is 2.99. The van der Waals surface area contributed by atoms with E-state index in [0.717, 1.165) is 21.9 Å². The number of carbonyl (C=O) groups is 10. The highest BCUT2D eigenvalue weighted by Gasteiger charge is 2.47. The fourth-order valence-corrected chi connectivity index (χ4v) is 10.8. The molecule has 2 heterocycles. The standard InChI is InChI=1S/C47H65N13O10S2/c1-26(2)38-43(68)55-32(21-35(48)61)40(65)56-33(44(69)60-18-9-15-34(60)42(67)54-30(14-8-17-52-46(50)51)39(64)53-24-36(49)62)25-72-71-19-16-37(63)59-47(22-28-12-6-7-13-29(28)23-47)45(70)57-31(41(66)58-38)20-27-10-4-3-5-11-27/h3-7,10-13,26,30-34,38H,8-9,14-25H2,1-2H3,(H2,48,61)(H2,49,62)(H,53,64)(H,54,67)(H,55,68)(H,56,65)(H,57,70)(H,58,66)(H,59,63)(H4,50,51,52)/t30-,31+,32+,33-,34+,38+/m1/s1. The highest BCUT2D eigenvalue weighted by Crippen LogP contribution is 2.32. The largest absolute Gasteiger partial charge is 0.370 e. The second-order valence-electron chi connectivity index (χ2n) is 18.2. The maximum absolute atomic E-state index is 14.6. The summed E-state index contributed by atoms with van der Waals surface area (Å²) >= 11 is 0. The van der Waals surface area contributed by atoms with Gasteiger partial charge in [-0.1, -0.05) is 90.0 Å². The topological polar surface area (TPSA) is 375 Å². The molecule has 25 heteroatoms. The van der Waals surface area contributed by atoms with Gasteiger partial charge in [-0.2, -0.15) is 0 Å². The lowest BCUT2D eigenvalue weighted by molar-refractivity contribution is -0.142. The van der Waals surface area contributed by atoms with Crippen LogP contribution in [0.2, 0.25) is 0 Å². The Morgan fingerprint density at radius 1 is 0.819 bits per heavy atom. The van der Waals surface area contributed by atoms with E-state index in [-0.39, 0.29) is 75.5 Å². The van der Waals surface area contributed by atoms with Crippen LogP contribution in [0.4, 0.5) is 0 Å². The minimum Gasteiger partial charge on any atom is -0.370 e. The van der Waals surface area contributed by atoms with Crippen LogP contribution in [0, 0.1) is 5.92 Å². The smallest absolute Gasteiger partial charge is 0.247 e. The Kier molecular flexibility index (Phi) is 20.6. The van der Waals surface area contributed by atoms with Crippen LogP contribution in [0.3, 0.4) is 0 Å². The zero-order valence-electron chi connectivity index (χ0n) is 40.2. The first-order valence-electron chi connectivity index (χ1n) is 23.7. The van der Waals surface area contributed by atoms with Gasteiger partial charge in [0.1, 0.15) is 41.8 Å². The molecule has 1 spiro atoms. The summed E-state index contributed by atoms with van der Waals surface area (Å²) in [5.74, 6) is -8.28. The molecule has 2 saturated heterocycles. The second-order valence-corrected chi connectivity index (χ2v) is 20.9. The zero-order valence-corrected chi connectivity index (χ0v) is 41.9. The van der Waals surface area contributed by atoms with Crippen molar-refractivity contribution >= 4 is 86.6 Å². The number of benzene rings is 2. The van der Waals surface area contributed by atoms with Gasteiger partial charge in [-0.05, 0) is 48.3 Å². The predicted molar refractivity (Wildman–Crippen MR) is 270 cm³/mol. The van der Waals surface area contributed by atoms with Gasteiger partial charge in [0.05, 0.1) is 13.0 Å². The summed E-state index contributed by atoms with van der Waals surface area (Å²) in [6, 6.07) is 8.40. The monoisotopic (exact) mass is 1040 g/mol. The van der Waals surface area contributed by atoms with Crippen molar-refractivity contribution in [2.45, 2.75) is 113 Å². The van der Waals surface area contributed by atoms with E-state index in [1.54, 1.807) is 44.2 Å². The number of nitrogens with one attached hydrogen (secondary N) is 7. The first kappa shape index (κ1) is 56.0. The number of rotatable bonds is 15. The van der Waals surface area contributed by atoms with E-state index in [1.165, 1.54) is 15.7 Å². The number of likely N-dealkylation sites (tertiary alicyclic amines) is 1. The fourth-order valence-electron chi connectivity index (χ4n) is 8.66. The van der Waals surface area contributed by atoms with E-state index in [4.69, 9.17) is 22.9 Å². The maximum Gasteiger partial charge on any atom is 0.247 e. The molecule has 23 nitrogen and oxygen atoms in total. The minimum absolute atomic E-state index is 0.00487. The van der Waals surface area contributed by atoms with Crippen molar-refractivity contribution < 1.29 is 47.9 Å². The quantitative estimate of drug-likeness (QED) is 0.0374. The van der Waals surface area contributed by atoms with Gasteiger partial charge in [-0.25, -0.2) is 0 Å². The van der Waals surface area contributed by atoms with Crippen molar-refractivity contribution in [2.24, 2.45) is 33.8 Å². The Bertz CT molecular complexity index is 2350. The Balaban J connectivity index is 1.44. The fraction of sp³-hybridized carbons (Fsp3) is 0.511. The Morgan fingerprint density at radius 3 is 2.12 bits per heavy atom. The molecule has 390 valence electrons. The van der Waals surface area contributed by atoms with Crippen molar-refractivity contribution in [3.63, 3.8) is 0 Å². The molecule has 5 rings (SSSR count). The molecule has 3 aliphatic rings. The molecular formula is C47H65N13O10S2. The number of hydrogen-bond acceptors (Lipinski definition) is 13. The zero-order chi connectivity index (χ0) is 52.5. The number of primary amides is 2. The summed E-state index contributed by atoms with van der Waals surface area (Å²) in [5.41, 5.74) is 22.6. The van der Waals surface area contributed by atoms with Gasteiger partial charge >= 0.3 is 0 Å². The van der Waals surface area contributed by atoms with Crippen LogP contribution < -0.4 is 60.2 Å². The van der Waals surface area contributed by atoms with Gasteiger partial charge in [0.25, 0.3) is 0 Å². The van der Waals surface area contributed by atoms with E-state index < -0.39 is 120 Å². The number of amides is 10. The SMILES string of the molecule is CC(C)[C@@H]1NC(=O)[C@H](Cc2ccccc2)NC(=O)C2(Cc3ccccc3C2)NC(=O)CCSSC[C@H](C(=O)N2CCC[C@H]2C(=O)N[C@H](CCCN=C(N)N)C(=O)NCC(N)=O)NC(=O)[C@H](CC(N)=O)NC1=O. The molecule has 2 aromatic carbocycles. The highest BCUT2D eigenvalue weighted by atomic mass is 33.1. The number of carbonyl (C=O) groups excluding carboxylic acids is 10. The number of nitrogens with two attached hydrogens (primary N) is 4. The molecule has 1 aliphatic carbocycles. The molecule has 6 atom stereocenters. The molecule has 0 radical (unpaired) electrons. The lowest BCUT2D eigenvalue weighted by Crippen LogP contribution is -2.64. The van der Waals surface area contributed by atoms with Crippen LogP contribution in [-0.2, 0) is 67.2 Å². The molecule has 2 aliphatic heterocycles. The molecule has 0 aromatic heterocycles. The third-order valence-electron chi connectivity index (χ3n) is 12.3. The van der Waals surface area contributed by atoms with Crippen molar-refractivity contribution in [3.05, 3.63) is 71.3 Å². The third-order valence-corrected chi connectivity index (χ3v) is 14.7. The molecule has 72 heavy (non-hydrogen) atoms. The van der Waals surface area contributed by atoms with Gasteiger partial charge in [0.2, 0.25) is 59.1 Å². The van der Waals surface area contributed by atoms with Gasteiger partial charge < -0.3 is 65.1 Å². The number of nitrogens with zero attached hydrogens (tertiary/aromatic N) is 2. The molecule has 2 fully saturated rings. The minimum atomic E-state index is -1.64. The Labute approximate surface area is 424 Å². The second kappa shape index (κ2) is 26.5. The number of fused-ring (bicyclic) bond motifs is 1. The summed E-state index contributed by atoms with van der Waals surface area (Å²) in [4.78, 5) is 142. The predicted octanol–water partition coefficient (Wildman–Crippen LogP) is -2.73. The van der Waals surface area contributed by atoms with Crippen LogP contribution >= 0.6 is 21.6 Å². The van der Waals surface area contributed by atoms with Gasteiger partial charge in [0.15, 0.2) is 5.96 Å². The van der Waals surface area contributed by atoms with Gasteiger partial charge in [0, 0.05) is 50.3 Å².